The van der Waals surface area contributed by atoms with E-state index >= 15 is 0 Å². The number of imide groups is 1. The van der Waals surface area contributed by atoms with Crippen molar-refractivity contribution in [2.45, 2.75) is 0 Å². The van der Waals surface area contributed by atoms with Crippen LogP contribution in [0.25, 0.3) is 0 Å². The van der Waals surface area contributed by atoms with Gasteiger partial charge in [-0.3, -0.25) is 9.59 Å². The number of halogens is 2. The fourth-order valence-electron chi connectivity index (χ4n) is 1.29. The van der Waals surface area contributed by atoms with Gasteiger partial charge in [-0.05, 0) is 12.1 Å². The van der Waals surface area contributed by atoms with Crippen LogP contribution < -0.4 is 4.90 Å². The molecule has 0 aromatic heterocycles. The maximum absolute atomic E-state index is 11.6. The molecule has 0 aliphatic carbocycles. The smallest absolute Gasteiger partial charge is 0.267 e. The third-order valence-electron chi connectivity index (χ3n) is 1.99. The average molecular weight is 242 g/mol. The Balaban J connectivity index is 2.44. The summed E-state index contributed by atoms with van der Waals surface area (Å²) < 4.78 is 0. The number of anilines is 1. The number of hydrogen-bond donors (Lipinski definition) is 0. The molecule has 2 amide bonds. The molecule has 3 nitrogen and oxygen atoms in total. The fraction of sp³-hybridized carbons (Fsp3) is 0. The number of carbonyl (C=O) groups excluding carboxylic acids is 2. The van der Waals surface area contributed by atoms with Gasteiger partial charge in [0.2, 0.25) is 0 Å². The molecule has 1 aliphatic heterocycles. The van der Waals surface area contributed by atoms with Gasteiger partial charge in [0.1, 0.15) is 10.1 Å². The number of hydrogen-bond acceptors (Lipinski definition) is 2. The molecule has 0 saturated heterocycles. The number of carbonyl (C=O) groups is 2. The highest BCUT2D eigenvalue weighted by molar-refractivity contribution is 6.62. The minimum absolute atomic E-state index is 0.231. The molecule has 0 unspecified atom stereocenters. The van der Waals surface area contributed by atoms with Crippen LogP contribution in [0.5, 0.6) is 0 Å². The van der Waals surface area contributed by atoms with E-state index in [1.54, 1.807) is 30.3 Å². The summed E-state index contributed by atoms with van der Waals surface area (Å²) in [5.74, 6) is -1.17. The van der Waals surface area contributed by atoms with Gasteiger partial charge in [0.05, 0.1) is 5.69 Å². The van der Waals surface area contributed by atoms with E-state index in [-0.39, 0.29) is 10.1 Å². The first kappa shape index (κ1) is 10.2. The van der Waals surface area contributed by atoms with Gasteiger partial charge in [0, 0.05) is 0 Å². The second-order valence-corrected chi connectivity index (χ2v) is 3.67. The zero-order chi connectivity index (χ0) is 11.0. The third kappa shape index (κ3) is 1.54. The van der Waals surface area contributed by atoms with Gasteiger partial charge in [-0.15, -0.1) is 0 Å². The molecule has 0 radical (unpaired) electrons. The molecule has 0 spiro atoms. The first-order chi connectivity index (χ1) is 7.13. The third-order valence-corrected chi connectivity index (χ3v) is 2.79. The Labute approximate surface area is 95.9 Å². The van der Waals surface area contributed by atoms with Crippen molar-refractivity contribution in [2.24, 2.45) is 0 Å². The Morgan fingerprint density at radius 3 is 1.80 bits per heavy atom. The molecule has 0 saturated carbocycles. The Morgan fingerprint density at radius 2 is 1.33 bits per heavy atom. The van der Waals surface area contributed by atoms with Crippen LogP contribution in [0.15, 0.2) is 40.4 Å². The largest absolute Gasteiger partial charge is 0.278 e. The van der Waals surface area contributed by atoms with Crippen LogP contribution in [0, 0.1) is 0 Å². The number of para-hydroxylation sites is 1. The van der Waals surface area contributed by atoms with E-state index in [4.69, 9.17) is 23.2 Å². The molecule has 15 heavy (non-hydrogen) atoms. The van der Waals surface area contributed by atoms with E-state index < -0.39 is 11.8 Å². The lowest BCUT2D eigenvalue weighted by molar-refractivity contribution is -0.120. The zero-order valence-electron chi connectivity index (χ0n) is 7.41. The Bertz CT molecular complexity index is 444. The Morgan fingerprint density at radius 1 is 0.867 bits per heavy atom. The van der Waals surface area contributed by atoms with Gasteiger partial charge in [-0.2, -0.15) is 0 Å². The molecule has 5 heteroatoms. The van der Waals surface area contributed by atoms with Crippen LogP contribution in [0.4, 0.5) is 5.69 Å². The zero-order valence-corrected chi connectivity index (χ0v) is 8.92. The number of rotatable bonds is 1. The van der Waals surface area contributed by atoms with E-state index in [1.165, 1.54) is 0 Å². The van der Waals surface area contributed by atoms with Crippen molar-refractivity contribution in [3.63, 3.8) is 0 Å². The number of amides is 2. The molecule has 0 N–H and O–H groups in total. The maximum atomic E-state index is 11.6. The van der Waals surface area contributed by atoms with E-state index in [0.29, 0.717) is 5.69 Å². The second-order valence-electron chi connectivity index (χ2n) is 2.91. The highest BCUT2D eigenvalue weighted by Gasteiger charge is 2.37. The lowest BCUT2D eigenvalue weighted by Gasteiger charge is -2.13. The SMILES string of the molecule is O=C1C(Cl)=C(Cl)C(=O)N1c1ccccc1. The molecule has 1 heterocycles. The van der Waals surface area contributed by atoms with Crippen LogP contribution in [-0.4, -0.2) is 11.8 Å². The molecule has 0 fully saturated rings. The van der Waals surface area contributed by atoms with E-state index in [0.717, 1.165) is 4.90 Å². The lowest BCUT2D eigenvalue weighted by atomic mass is 10.3. The minimum Gasteiger partial charge on any atom is -0.267 e. The summed E-state index contributed by atoms with van der Waals surface area (Å²) in [5.41, 5.74) is 0.460. The summed E-state index contributed by atoms with van der Waals surface area (Å²) in [6.45, 7) is 0. The molecule has 76 valence electrons. The van der Waals surface area contributed by atoms with Crippen molar-refractivity contribution in [1.82, 2.24) is 0 Å². The highest BCUT2D eigenvalue weighted by atomic mass is 35.5. The van der Waals surface area contributed by atoms with Crippen molar-refractivity contribution in [3.8, 4) is 0 Å². The first-order valence-corrected chi connectivity index (χ1v) is 4.87. The van der Waals surface area contributed by atoms with Crippen molar-refractivity contribution in [2.75, 3.05) is 4.90 Å². The van der Waals surface area contributed by atoms with Crippen LogP contribution in [-0.2, 0) is 9.59 Å². The van der Waals surface area contributed by atoms with E-state index in [9.17, 15) is 9.59 Å². The molecule has 0 bridgehead atoms. The molecular formula is C10H5Cl2NO2. The standard InChI is InChI=1S/C10H5Cl2NO2/c11-7-8(12)10(15)13(9(7)14)6-4-2-1-3-5-6/h1-5H. The first-order valence-electron chi connectivity index (χ1n) is 4.12. The van der Waals surface area contributed by atoms with Gasteiger partial charge in [-0.1, -0.05) is 41.4 Å². The van der Waals surface area contributed by atoms with E-state index in [1.807, 2.05) is 0 Å². The predicted octanol–water partition coefficient (Wildman–Crippen LogP) is 2.25. The number of nitrogens with zero attached hydrogens (tertiary/aromatic N) is 1. The topological polar surface area (TPSA) is 37.4 Å². The molecule has 1 aromatic carbocycles. The van der Waals surface area contributed by atoms with Crippen LogP contribution >= 0.6 is 23.2 Å². The van der Waals surface area contributed by atoms with Crippen LogP contribution in [0.1, 0.15) is 0 Å². The second kappa shape index (κ2) is 3.68. The maximum Gasteiger partial charge on any atom is 0.278 e. The molecule has 2 rings (SSSR count). The molecular weight excluding hydrogens is 237 g/mol. The molecule has 0 atom stereocenters. The van der Waals surface area contributed by atoms with Crippen molar-refractivity contribution >= 4 is 40.7 Å². The summed E-state index contributed by atoms with van der Waals surface area (Å²) in [5, 5.41) is -0.462. The quantitative estimate of drug-likeness (QED) is 0.708. The van der Waals surface area contributed by atoms with Gasteiger partial charge in [-0.25, -0.2) is 4.90 Å². The van der Waals surface area contributed by atoms with Gasteiger partial charge in [0.15, 0.2) is 0 Å². The fourth-order valence-corrected chi connectivity index (χ4v) is 1.62. The van der Waals surface area contributed by atoms with Gasteiger partial charge >= 0.3 is 0 Å². The summed E-state index contributed by atoms with van der Waals surface area (Å²) in [6.07, 6.45) is 0. The summed E-state index contributed by atoms with van der Waals surface area (Å²) in [4.78, 5) is 24.1. The predicted molar refractivity (Wildman–Crippen MR) is 57.7 cm³/mol. The monoisotopic (exact) mass is 241 g/mol. The number of benzene rings is 1. The van der Waals surface area contributed by atoms with Gasteiger partial charge in [0.25, 0.3) is 11.8 Å². The van der Waals surface area contributed by atoms with Gasteiger partial charge < -0.3 is 0 Å². The average Bonchev–Trinajstić information content (AvgIpc) is 2.45. The highest BCUT2D eigenvalue weighted by Crippen LogP contribution is 2.30. The Kier molecular flexibility index (Phi) is 2.50. The molecule has 1 aromatic rings. The van der Waals surface area contributed by atoms with Crippen LogP contribution in [0.2, 0.25) is 0 Å². The molecule has 1 aliphatic rings. The minimum atomic E-state index is -0.585. The van der Waals surface area contributed by atoms with Crippen molar-refractivity contribution in [3.05, 3.63) is 40.4 Å². The summed E-state index contributed by atoms with van der Waals surface area (Å²) >= 11 is 11.2. The lowest BCUT2D eigenvalue weighted by Crippen LogP contribution is -2.30. The Hall–Kier alpha value is -1.32. The summed E-state index contributed by atoms with van der Waals surface area (Å²) in [6, 6.07) is 8.49. The van der Waals surface area contributed by atoms with Crippen molar-refractivity contribution in [1.29, 1.82) is 0 Å². The van der Waals surface area contributed by atoms with Crippen molar-refractivity contribution < 1.29 is 9.59 Å². The summed E-state index contributed by atoms with van der Waals surface area (Å²) in [7, 11) is 0. The van der Waals surface area contributed by atoms with Crippen LogP contribution in [0.3, 0.4) is 0 Å². The van der Waals surface area contributed by atoms with E-state index in [2.05, 4.69) is 0 Å². The normalized spacial score (nSPS) is 16.5.